The van der Waals surface area contributed by atoms with E-state index in [-0.39, 0.29) is 19.4 Å². The van der Waals surface area contributed by atoms with E-state index in [1.54, 1.807) is 41.5 Å². The predicted molar refractivity (Wildman–Crippen MR) is 91.4 cm³/mol. The number of likely N-dealkylation sites (tertiary alicyclic amines) is 1. The second kappa shape index (κ2) is 7.92. The van der Waals surface area contributed by atoms with Gasteiger partial charge in [-0.15, -0.1) is 0 Å². The summed E-state index contributed by atoms with van der Waals surface area (Å²) < 4.78 is 10.3. The highest BCUT2D eigenvalue weighted by Crippen LogP contribution is 2.25. The van der Waals surface area contributed by atoms with Crippen molar-refractivity contribution in [2.75, 3.05) is 6.54 Å². The number of alkyl carbamates (subject to hydrolysis) is 1. The van der Waals surface area contributed by atoms with E-state index in [1.165, 1.54) is 4.90 Å². The van der Waals surface area contributed by atoms with E-state index in [0.717, 1.165) is 0 Å². The van der Waals surface area contributed by atoms with Crippen molar-refractivity contribution in [3.05, 3.63) is 0 Å². The first-order chi connectivity index (χ1) is 11.7. The fourth-order valence-corrected chi connectivity index (χ4v) is 2.50. The maximum Gasteiger partial charge on any atom is 0.408 e. The second-order valence-electron chi connectivity index (χ2n) is 8.18. The van der Waals surface area contributed by atoms with Crippen molar-refractivity contribution in [1.82, 2.24) is 10.2 Å². The molecule has 0 spiro atoms. The zero-order chi connectivity index (χ0) is 20.3. The van der Waals surface area contributed by atoms with Crippen molar-refractivity contribution in [1.29, 1.82) is 0 Å². The number of nitrogens with one attached hydrogen (secondary N) is 1. The highest BCUT2D eigenvalue weighted by atomic mass is 16.6. The van der Waals surface area contributed by atoms with Crippen LogP contribution in [0.3, 0.4) is 0 Å². The highest BCUT2D eigenvalue weighted by Gasteiger charge is 2.49. The Morgan fingerprint density at radius 2 is 1.62 bits per heavy atom. The zero-order valence-corrected chi connectivity index (χ0v) is 16.1. The summed E-state index contributed by atoms with van der Waals surface area (Å²) in [7, 11) is 0. The van der Waals surface area contributed by atoms with Gasteiger partial charge in [-0.1, -0.05) is 0 Å². The van der Waals surface area contributed by atoms with E-state index in [4.69, 9.17) is 14.6 Å². The molecule has 0 aromatic heterocycles. The number of carboxylic acid groups (broad SMARTS) is 1. The SMILES string of the molecule is CC(C)(C)OC(=O)CN1C(=O)C(NC(=O)OC(C)(C)C)[C@H]1CCC(=O)O. The van der Waals surface area contributed by atoms with Gasteiger partial charge in [-0.3, -0.25) is 14.4 Å². The Morgan fingerprint density at radius 3 is 2.08 bits per heavy atom. The normalized spacial score (nSPS) is 20.2. The summed E-state index contributed by atoms with van der Waals surface area (Å²) in [6.07, 6.45) is -0.868. The Morgan fingerprint density at radius 1 is 1.08 bits per heavy atom. The first-order valence-electron chi connectivity index (χ1n) is 8.43. The molecule has 0 aliphatic carbocycles. The summed E-state index contributed by atoms with van der Waals surface area (Å²) >= 11 is 0. The highest BCUT2D eigenvalue weighted by molar-refractivity contribution is 5.94. The third kappa shape index (κ3) is 6.89. The topological polar surface area (TPSA) is 122 Å². The van der Waals surface area contributed by atoms with Crippen LogP contribution in [0.4, 0.5) is 4.79 Å². The molecule has 2 N–H and O–H groups in total. The van der Waals surface area contributed by atoms with Gasteiger partial charge in [0.1, 0.15) is 23.8 Å². The molecule has 2 atom stereocenters. The molecule has 148 valence electrons. The number of hydrogen-bond donors (Lipinski definition) is 2. The van der Waals surface area contributed by atoms with Crippen LogP contribution in [0.25, 0.3) is 0 Å². The van der Waals surface area contributed by atoms with E-state index in [1.807, 2.05) is 0 Å². The molecular weight excluding hydrogens is 344 g/mol. The number of nitrogens with zero attached hydrogens (tertiary/aromatic N) is 1. The molecule has 2 amide bonds. The van der Waals surface area contributed by atoms with Crippen LogP contribution in [0.2, 0.25) is 0 Å². The molecule has 9 heteroatoms. The van der Waals surface area contributed by atoms with Crippen LogP contribution in [-0.4, -0.2) is 63.8 Å². The molecule has 1 fully saturated rings. The number of ether oxygens (including phenoxy) is 2. The van der Waals surface area contributed by atoms with Gasteiger partial charge in [0.15, 0.2) is 0 Å². The minimum Gasteiger partial charge on any atom is -0.481 e. The van der Waals surface area contributed by atoms with Gasteiger partial charge >= 0.3 is 18.0 Å². The number of carbonyl (C=O) groups excluding carboxylic acids is 3. The number of esters is 1. The average Bonchev–Trinajstić information content (AvgIpc) is 2.40. The third-order valence-electron chi connectivity index (χ3n) is 3.38. The second-order valence-corrected chi connectivity index (χ2v) is 8.18. The molecule has 0 saturated carbocycles. The van der Waals surface area contributed by atoms with Crippen molar-refractivity contribution in [2.45, 2.75) is 77.7 Å². The minimum atomic E-state index is -1.03. The van der Waals surface area contributed by atoms with E-state index >= 15 is 0 Å². The maximum absolute atomic E-state index is 12.3. The third-order valence-corrected chi connectivity index (χ3v) is 3.38. The Hall–Kier alpha value is -2.32. The summed E-state index contributed by atoms with van der Waals surface area (Å²) in [6.45, 7) is 9.88. The Bertz CT molecular complexity index is 535. The monoisotopic (exact) mass is 372 g/mol. The number of amides is 2. The van der Waals surface area contributed by atoms with Crippen molar-refractivity contribution in [3.8, 4) is 0 Å². The lowest BCUT2D eigenvalue weighted by Gasteiger charge is -2.46. The first kappa shape index (κ1) is 21.7. The van der Waals surface area contributed by atoms with Crippen LogP contribution in [0.15, 0.2) is 0 Å². The predicted octanol–water partition coefficient (Wildman–Crippen LogP) is 1.30. The lowest BCUT2D eigenvalue weighted by molar-refractivity contribution is -0.167. The summed E-state index contributed by atoms with van der Waals surface area (Å²) in [4.78, 5) is 48.3. The molecule has 9 nitrogen and oxygen atoms in total. The molecule has 1 rings (SSSR count). The molecule has 1 unspecified atom stereocenters. The first-order valence-corrected chi connectivity index (χ1v) is 8.43. The van der Waals surface area contributed by atoms with Crippen molar-refractivity contribution in [2.24, 2.45) is 0 Å². The van der Waals surface area contributed by atoms with Crippen molar-refractivity contribution < 1.29 is 33.8 Å². The molecule has 1 aliphatic heterocycles. The minimum absolute atomic E-state index is 0.102. The van der Waals surface area contributed by atoms with Crippen molar-refractivity contribution >= 4 is 23.9 Å². The maximum atomic E-state index is 12.3. The van der Waals surface area contributed by atoms with Crippen LogP contribution >= 0.6 is 0 Å². The van der Waals surface area contributed by atoms with E-state index in [2.05, 4.69) is 5.32 Å². The molecule has 0 radical (unpaired) electrons. The quantitative estimate of drug-likeness (QED) is 0.532. The summed E-state index contributed by atoms with van der Waals surface area (Å²) in [5, 5.41) is 11.3. The number of carboxylic acids is 1. The van der Waals surface area contributed by atoms with Gasteiger partial charge in [0, 0.05) is 6.42 Å². The number of β-lactam (4-membered cyclic amide) rings is 1. The van der Waals surface area contributed by atoms with Crippen LogP contribution in [-0.2, 0) is 23.9 Å². The zero-order valence-electron chi connectivity index (χ0n) is 16.1. The molecule has 26 heavy (non-hydrogen) atoms. The molecule has 1 heterocycles. The number of hydrogen-bond acceptors (Lipinski definition) is 6. The Balaban J connectivity index is 2.76. The van der Waals surface area contributed by atoms with Crippen molar-refractivity contribution in [3.63, 3.8) is 0 Å². The average molecular weight is 372 g/mol. The van der Waals surface area contributed by atoms with Gasteiger partial charge in [-0.25, -0.2) is 4.79 Å². The smallest absolute Gasteiger partial charge is 0.408 e. The van der Waals surface area contributed by atoms with Gasteiger partial charge in [0.25, 0.3) is 0 Å². The standard InChI is InChI=1S/C17H28N2O7/c1-16(2,3)25-12(22)9-19-10(7-8-11(20)21)13(14(19)23)18-15(24)26-17(4,5)6/h10,13H,7-9H2,1-6H3,(H,18,24)(H,20,21)/t10-,13?/m1/s1. The lowest BCUT2D eigenvalue weighted by Crippen LogP contribution is -2.71. The fourth-order valence-electron chi connectivity index (χ4n) is 2.50. The van der Waals surface area contributed by atoms with Gasteiger partial charge in [0.2, 0.25) is 5.91 Å². The van der Waals surface area contributed by atoms with Crippen LogP contribution in [0, 0.1) is 0 Å². The van der Waals surface area contributed by atoms with Gasteiger partial charge in [0.05, 0.1) is 6.04 Å². The number of aliphatic carboxylic acids is 1. The fraction of sp³-hybridized carbons (Fsp3) is 0.765. The Labute approximate surface area is 153 Å². The number of rotatable bonds is 6. The molecule has 0 aromatic carbocycles. The van der Waals surface area contributed by atoms with Crippen LogP contribution < -0.4 is 5.32 Å². The summed E-state index contributed by atoms with van der Waals surface area (Å²) in [6, 6.07) is -1.54. The molecule has 1 saturated heterocycles. The largest absolute Gasteiger partial charge is 0.481 e. The van der Waals surface area contributed by atoms with Crippen LogP contribution in [0.5, 0.6) is 0 Å². The molecular formula is C17H28N2O7. The Kier molecular flexibility index (Phi) is 6.62. The lowest BCUT2D eigenvalue weighted by atomic mass is 9.91. The number of carbonyl (C=O) groups is 4. The van der Waals surface area contributed by atoms with E-state index < -0.39 is 47.2 Å². The van der Waals surface area contributed by atoms with E-state index in [9.17, 15) is 19.2 Å². The van der Waals surface area contributed by atoms with Gasteiger partial charge in [-0.05, 0) is 48.0 Å². The summed E-state index contributed by atoms with van der Waals surface area (Å²) in [5.41, 5.74) is -1.43. The molecule has 0 aromatic rings. The van der Waals surface area contributed by atoms with E-state index in [0.29, 0.717) is 0 Å². The van der Waals surface area contributed by atoms with Gasteiger partial charge in [-0.2, -0.15) is 0 Å². The van der Waals surface area contributed by atoms with Crippen LogP contribution in [0.1, 0.15) is 54.4 Å². The molecule has 0 bridgehead atoms. The molecule has 1 aliphatic rings. The van der Waals surface area contributed by atoms with Gasteiger partial charge < -0.3 is 24.8 Å². The summed E-state index contributed by atoms with van der Waals surface area (Å²) in [5.74, 6) is -2.10.